The Hall–Kier alpha value is -0.990. The molecule has 1 heterocycles. The Morgan fingerprint density at radius 2 is 2.21 bits per heavy atom. The largest absolute Gasteiger partial charge is 0.331 e. The zero-order chi connectivity index (χ0) is 10.3. The first-order valence-electron chi connectivity index (χ1n) is 5.21. The minimum atomic E-state index is 0.158. The van der Waals surface area contributed by atoms with Gasteiger partial charge in [-0.1, -0.05) is 11.6 Å². The van der Waals surface area contributed by atoms with Gasteiger partial charge in [0.25, 0.3) is 0 Å². The number of amides is 2. The van der Waals surface area contributed by atoms with Crippen LogP contribution in [0.5, 0.6) is 0 Å². The van der Waals surface area contributed by atoms with Crippen LogP contribution >= 0.6 is 0 Å². The lowest BCUT2D eigenvalue weighted by atomic mass is 10.00. The third kappa shape index (κ3) is 1.51. The average molecular weight is 194 g/mol. The van der Waals surface area contributed by atoms with Crippen LogP contribution in [0.4, 0.5) is 4.79 Å². The van der Waals surface area contributed by atoms with Gasteiger partial charge in [0.2, 0.25) is 0 Å². The highest BCUT2D eigenvalue weighted by Crippen LogP contribution is 2.36. The van der Waals surface area contributed by atoms with E-state index >= 15 is 0 Å². The zero-order valence-corrected chi connectivity index (χ0v) is 9.16. The molecule has 0 aromatic carbocycles. The van der Waals surface area contributed by atoms with Crippen molar-refractivity contribution >= 4 is 6.03 Å². The van der Waals surface area contributed by atoms with E-state index in [0.29, 0.717) is 11.8 Å². The molecular weight excluding hydrogens is 176 g/mol. The minimum absolute atomic E-state index is 0.158. The molecule has 0 radical (unpaired) electrons. The van der Waals surface area contributed by atoms with Gasteiger partial charge in [-0.25, -0.2) is 4.79 Å². The van der Waals surface area contributed by atoms with Crippen molar-refractivity contribution in [2.45, 2.75) is 13.3 Å². The van der Waals surface area contributed by atoms with Crippen LogP contribution in [0.25, 0.3) is 0 Å². The van der Waals surface area contributed by atoms with E-state index in [0.717, 1.165) is 13.1 Å². The summed E-state index contributed by atoms with van der Waals surface area (Å²) in [7, 11) is 3.63. The third-order valence-electron chi connectivity index (χ3n) is 3.23. The zero-order valence-electron chi connectivity index (χ0n) is 9.16. The summed E-state index contributed by atoms with van der Waals surface area (Å²) in [6.07, 6.45) is 3.52. The summed E-state index contributed by atoms with van der Waals surface area (Å²) in [5.74, 6) is 1.32. The highest BCUT2D eigenvalue weighted by Gasteiger charge is 2.37. The van der Waals surface area contributed by atoms with Gasteiger partial charge in [0.05, 0.1) is 0 Å². The van der Waals surface area contributed by atoms with Crippen LogP contribution in [0.1, 0.15) is 13.3 Å². The Morgan fingerprint density at radius 3 is 2.79 bits per heavy atom. The maximum absolute atomic E-state index is 11.7. The van der Waals surface area contributed by atoms with Gasteiger partial charge >= 0.3 is 6.03 Å². The summed E-state index contributed by atoms with van der Waals surface area (Å²) < 4.78 is 0. The molecule has 0 spiro atoms. The van der Waals surface area contributed by atoms with Crippen molar-refractivity contribution in [1.29, 1.82) is 0 Å². The van der Waals surface area contributed by atoms with Crippen molar-refractivity contribution in [3.8, 4) is 0 Å². The fraction of sp³-hybridized carbons (Fsp3) is 0.727. The number of hydrogen-bond acceptors (Lipinski definition) is 1. The molecule has 2 amide bonds. The molecule has 0 aromatic rings. The van der Waals surface area contributed by atoms with Crippen molar-refractivity contribution in [1.82, 2.24) is 9.80 Å². The second kappa shape index (κ2) is 3.30. The number of fused-ring (bicyclic) bond motifs is 1. The fourth-order valence-electron chi connectivity index (χ4n) is 2.59. The fourth-order valence-corrected chi connectivity index (χ4v) is 2.59. The normalized spacial score (nSPS) is 30.2. The second-order valence-electron chi connectivity index (χ2n) is 4.72. The van der Waals surface area contributed by atoms with Crippen LogP contribution in [0, 0.1) is 11.8 Å². The molecule has 2 atom stereocenters. The van der Waals surface area contributed by atoms with Crippen LogP contribution in [0.15, 0.2) is 11.6 Å². The van der Waals surface area contributed by atoms with Gasteiger partial charge < -0.3 is 9.80 Å². The van der Waals surface area contributed by atoms with Crippen molar-refractivity contribution in [3.05, 3.63) is 11.6 Å². The van der Waals surface area contributed by atoms with E-state index in [1.54, 1.807) is 4.90 Å². The number of allylic oxidation sites excluding steroid dienone is 1. The Bertz CT molecular complexity index is 283. The molecule has 2 aliphatic rings. The molecular formula is C11H18N2O. The molecule has 3 nitrogen and oxygen atoms in total. The Morgan fingerprint density at radius 1 is 1.50 bits per heavy atom. The number of nitrogens with zero attached hydrogens (tertiary/aromatic N) is 2. The van der Waals surface area contributed by atoms with Gasteiger partial charge in [-0.15, -0.1) is 0 Å². The molecule has 2 rings (SSSR count). The van der Waals surface area contributed by atoms with E-state index in [9.17, 15) is 4.79 Å². The number of likely N-dealkylation sites (tertiary alicyclic amines) is 1. The van der Waals surface area contributed by atoms with Crippen molar-refractivity contribution in [2.75, 3.05) is 27.2 Å². The topological polar surface area (TPSA) is 23.6 Å². The lowest BCUT2D eigenvalue weighted by Crippen LogP contribution is -2.37. The Kier molecular flexibility index (Phi) is 2.25. The van der Waals surface area contributed by atoms with Gasteiger partial charge in [-0.2, -0.15) is 0 Å². The van der Waals surface area contributed by atoms with Gasteiger partial charge in [-0.05, 0) is 25.2 Å². The molecule has 1 aliphatic heterocycles. The summed E-state index contributed by atoms with van der Waals surface area (Å²) in [4.78, 5) is 15.3. The van der Waals surface area contributed by atoms with Gasteiger partial charge in [0.15, 0.2) is 0 Å². The summed E-state index contributed by atoms with van der Waals surface area (Å²) in [6, 6.07) is 0.158. The summed E-state index contributed by atoms with van der Waals surface area (Å²) in [5.41, 5.74) is 1.50. The van der Waals surface area contributed by atoms with E-state index in [1.807, 2.05) is 19.0 Å². The SMILES string of the molecule is CC1=C[C@@H]2CN(C(=O)N(C)C)C[C@@H]2C1. The van der Waals surface area contributed by atoms with Gasteiger partial charge in [0.1, 0.15) is 0 Å². The van der Waals surface area contributed by atoms with E-state index in [1.165, 1.54) is 12.0 Å². The highest BCUT2D eigenvalue weighted by molar-refractivity contribution is 5.74. The molecule has 14 heavy (non-hydrogen) atoms. The monoisotopic (exact) mass is 194 g/mol. The van der Waals surface area contributed by atoms with Crippen molar-refractivity contribution in [2.24, 2.45) is 11.8 Å². The first-order valence-corrected chi connectivity index (χ1v) is 5.21. The Labute approximate surface area is 85.4 Å². The van der Waals surface area contributed by atoms with Crippen molar-refractivity contribution in [3.63, 3.8) is 0 Å². The van der Waals surface area contributed by atoms with E-state index < -0.39 is 0 Å². The number of rotatable bonds is 0. The molecule has 1 aliphatic carbocycles. The first-order chi connectivity index (χ1) is 6.58. The molecule has 78 valence electrons. The molecule has 0 N–H and O–H groups in total. The first kappa shape index (κ1) is 9.56. The van der Waals surface area contributed by atoms with Crippen LogP contribution in [0.3, 0.4) is 0 Å². The number of hydrogen-bond donors (Lipinski definition) is 0. The van der Waals surface area contributed by atoms with Crippen LogP contribution in [-0.2, 0) is 0 Å². The summed E-state index contributed by atoms with van der Waals surface area (Å²) >= 11 is 0. The summed E-state index contributed by atoms with van der Waals surface area (Å²) in [6.45, 7) is 4.05. The molecule has 0 unspecified atom stereocenters. The molecule has 0 bridgehead atoms. The van der Waals surface area contributed by atoms with E-state index in [-0.39, 0.29) is 6.03 Å². The third-order valence-corrected chi connectivity index (χ3v) is 3.23. The van der Waals surface area contributed by atoms with Crippen molar-refractivity contribution < 1.29 is 4.79 Å². The molecule has 0 saturated carbocycles. The second-order valence-corrected chi connectivity index (χ2v) is 4.72. The maximum Gasteiger partial charge on any atom is 0.319 e. The lowest BCUT2D eigenvalue weighted by Gasteiger charge is -2.21. The standard InChI is InChI=1S/C11H18N2O/c1-8-4-9-6-13(7-10(9)5-8)11(14)12(2)3/h4,9-10H,5-7H2,1-3H3/t9-,10+/m1/s1. The smallest absolute Gasteiger partial charge is 0.319 e. The quantitative estimate of drug-likeness (QED) is 0.537. The van der Waals surface area contributed by atoms with E-state index in [4.69, 9.17) is 0 Å². The molecule has 1 saturated heterocycles. The minimum Gasteiger partial charge on any atom is -0.331 e. The highest BCUT2D eigenvalue weighted by atomic mass is 16.2. The summed E-state index contributed by atoms with van der Waals surface area (Å²) in [5, 5.41) is 0. The van der Waals surface area contributed by atoms with Crippen LogP contribution in [0.2, 0.25) is 0 Å². The molecule has 3 heteroatoms. The van der Waals surface area contributed by atoms with Gasteiger partial charge in [-0.3, -0.25) is 0 Å². The lowest BCUT2D eigenvalue weighted by molar-refractivity contribution is 0.179. The molecule has 1 fully saturated rings. The number of urea groups is 1. The van der Waals surface area contributed by atoms with Crippen LogP contribution in [-0.4, -0.2) is 43.0 Å². The predicted octanol–water partition coefficient (Wildman–Crippen LogP) is 1.57. The molecule has 0 aromatic heterocycles. The maximum atomic E-state index is 11.7. The van der Waals surface area contributed by atoms with Gasteiger partial charge in [0, 0.05) is 27.2 Å². The Balaban J connectivity index is 2.00. The number of carbonyl (C=O) groups is 1. The average Bonchev–Trinajstić information content (AvgIpc) is 2.59. The predicted molar refractivity (Wildman–Crippen MR) is 56.0 cm³/mol. The van der Waals surface area contributed by atoms with E-state index in [2.05, 4.69) is 13.0 Å². The number of carbonyl (C=O) groups excluding carboxylic acids is 1. The van der Waals surface area contributed by atoms with Crippen LogP contribution < -0.4 is 0 Å².